The third-order valence-electron chi connectivity index (χ3n) is 16.2. The zero-order valence-corrected chi connectivity index (χ0v) is 53.9. The Morgan fingerprint density at radius 2 is 1.40 bits per heavy atom. The highest BCUT2D eigenvalue weighted by atomic mass is 16.5. The number of carbonyl (C=O) groups excluding carboxylic acids is 8. The molecule has 90 heavy (non-hydrogen) atoms. The Morgan fingerprint density at radius 3 is 2.03 bits per heavy atom. The van der Waals surface area contributed by atoms with Gasteiger partial charge in [-0.15, -0.1) is 0 Å². The Morgan fingerprint density at radius 1 is 0.756 bits per heavy atom. The summed E-state index contributed by atoms with van der Waals surface area (Å²) in [6.07, 6.45) is 6.73. The molecular weight excluding hydrogens is 1150 g/mol. The van der Waals surface area contributed by atoms with Gasteiger partial charge in [-0.05, 0) is 108 Å². The molecule has 5 aromatic rings. The third kappa shape index (κ3) is 18.2. The van der Waals surface area contributed by atoms with E-state index in [0.29, 0.717) is 29.2 Å². The molecule has 5 atom stereocenters. The number of aryl methyl sites for hydroxylation is 1. The van der Waals surface area contributed by atoms with Gasteiger partial charge >= 0.3 is 18.1 Å². The first-order valence-corrected chi connectivity index (χ1v) is 30.3. The molecule has 0 aliphatic carbocycles. The van der Waals surface area contributed by atoms with Gasteiger partial charge in [-0.3, -0.25) is 34.1 Å². The predicted molar refractivity (Wildman–Crippen MR) is 350 cm³/mol. The predicted octanol–water partition coefficient (Wildman–Crippen LogP) is 8.35. The first-order chi connectivity index (χ1) is 42.4. The number of aliphatic carboxylic acids is 1. The summed E-state index contributed by atoms with van der Waals surface area (Å²) in [5.74, 6) is -4.41. The van der Waals surface area contributed by atoms with E-state index in [1.807, 2.05) is 133 Å². The lowest BCUT2D eigenvalue weighted by molar-refractivity contribution is -0.141. The normalized spacial score (nSPS) is 14.5. The number of carbonyl (C=O) groups is 9. The fourth-order valence-corrected chi connectivity index (χ4v) is 11.0. The lowest BCUT2D eigenvalue weighted by Gasteiger charge is -2.39. The zero-order valence-electron chi connectivity index (χ0n) is 53.9. The number of hydrogen-bond donors (Lipinski definition) is 9. The SMILES string of the molecule is CNC(C(=O)N[C@H](C(=O)N(C)[C@H](/C=C(\C)C(=O)O)C(C)C)C(C)(C)C)C(C)(C)c1cn(C)c2ccc(NC(=O)OCc3ccc(NC(=O)[C@H](CCCNC(N)=O)NC(=O)[C@@H](NC(=O)CCC(=O)N4Cc5ccccc5/C=C\c5ccccc54)C(C)C)cc3)cc12. The number of fused-ring (bicyclic) bond motifs is 3. The van der Waals surface area contributed by atoms with Crippen LogP contribution in [-0.4, -0.2) is 119 Å². The lowest BCUT2D eigenvalue weighted by atomic mass is 9.76. The van der Waals surface area contributed by atoms with Crippen molar-refractivity contribution in [1.29, 1.82) is 0 Å². The van der Waals surface area contributed by atoms with E-state index < -0.39 is 88.7 Å². The molecule has 0 saturated heterocycles. The molecule has 0 bridgehead atoms. The van der Waals surface area contributed by atoms with Crippen LogP contribution in [0.25, 0.3) is 23.1 Å². The second-order valence-corrected chi connectivity index (χ2v) is 25.2. The Balaban J connectivity index is 1.07. The number of nitrogens with two attached hydrogens (primary N) is 1. The number of hydrogen-bond acceptors (Lipinski definition) is 11. The summed E-state index contributed by atoms with van der Waals surface area (Å²) in [4.78, 5) is 124. The Hall–Kier alpha value is -9.31. The number of amides is 9. The molecule has 10 N–H and O–H groups in total. The van der Waals surface area contributed by atoms with Crippen LogP contribution in [0.3, 0.4) is 0 Å². The summed E-state index contributed by atoms with van der Waals surface area (Å²) in [6, 6.07) is 21.9. The summed E-state index contributed by atoms with van der Waals surface area (Å²) in [7, 11) is 5.16. The van der Waals surface area contributed by atoms with Crippen molar-refractivity contribution in [3.63, 3.8) is 0 Å². The van der Waals surface area contributed by atoms with E-state index >= 15 is 0 Å². The van der Waals surface area contributed by atoms with Gasteiger partial charge in [0, 0.05) is 72.9 Å². The Kier molecular flexibility index (Phi) is 23.8. The van der Waals surface area contributed by atoms with Gasteiger partial charge in [0.1, 0.15) is 24.7 Å². The number of carboxylic acids is 1. The molecule has 22 nitrogen and oxygen atoms in total. The maximum absolute atomic E-state index is 14.5. The standard InChI is InChI=1S/C68H89N11O11/c1-40(2)54(35-42(5)64(86)87)78(13)63(85)59(67(6,7)8)76-62(84)58(70-11)68(9,10)50-38-77(12)53-31-30-48(36-49(50)53)73-66(89)90-39-43-24-28-47(29-25-43)72-60(82)51(22-18-34-71-65(69)88)74-61(83)57(41(3)4)75-55(80)32-33-56(81)79-37-46-21-15-14-19-44(46)26-27-45-20-16-17-23-52(45)79/h14-17,19-21,23-31,35-36,38,40-41,51,54,57-59,70H,18,22,32-34,37,39H2,1-13H3,(H,72,82)(H,73,89)(H,74,83)(H,75,80)(H,76,84)(H,86,87)(H3,69,71,88)/b27-26-,42-35+/t51-,54+,57-,58?,59+/m0/s1. The first kappa shape index (κ1) is 69.8. The van der Waals surface area contributed by atoms with Crippen molar-refractivity contribution in [2.45, 2.75) is 144 Å². The fourth-order valence-electron chi connectivity index (χ4n) is 11.0. The van der Waals surface area contributed by atoms with Crippen LogP contribution >= 0.6 is 0 Å². The van der Waals surface area contributed by atoms with Gasteiger partial charge in [-0.2, -0.15) is 0 Å². The Bertz CT molecular complexity index is 3510. The maximum atomic E-state index is 14.5. The number of para-hydroxylation sites is 1. The van der Waals surface area contributed by atoms with E-state index in [4.69, 9.17) is 10.5 Å². The van der Waals surface area contributed by atoms with E-state index in [1.54, 1.807) is 75.3 Å². The minimum absolute atomic E-state index is 0.0866. The van der Waals surface area contributed by atoms with Crippen LogP contribution < -0.4 is 47.9 Å². The van der Waals surface area contributed by atoms with E-state index in [1.165, 1.54) is 11.8 Å². The quantitative estimate of drug-likeness (QED) is 0.0186. The van der Waals surface area contributed by atoms with Gasteiger partial charge in [0.2, 0.25) is 35.4 Å². The van der Waals surface area contributed by atoms with Crippen molar-refractivity contribution < 1.29 is 53.0 Å². The highest BCUT2D eigenvalue weighted by Crippen LogP contribution is 2.37. The van der Waals surface area contributed by atoms with Crippen LogP contribution in [0.4, 0.5) is 26.7 Å². The second kappa shape index (κ2) is 30.7. The number of likely N-dealkylation sites (N-methyl/N-ethyl adjacent to an activating group) is 2. The number of nitrogens with zero attached hydrogens (tertiary/aromatic N) is 3. The number of urea groups is 1. The molecule has 1 aromatic heterocycles. The monoisotopic (exact) mass is 1240 g/mol. The van der Waals surface area contributed by atoms with E-state index in [0.717, 1.165) is 33.2 Å². The molecule has 9 amide bonds. The number of primary amides is 1. The summed E-state index contributed by atoms with van der Waals surface area (Å²) < 4.78 is 7.54. The van der Waals surface area contributed by atoms with Gasteiger partial charge in [-0.1, -0.05) is 135 Å². The van der Waals surface area contributed by atoms with Gasteiger partial charge in [0.25, 0.3) is 0 Å². The highest BCUT2D eigenvalue weighted by molar-refractivity contribution is 6.01. The number of aromatic nitrogens is 1. The minimum Gasteiger partial charge on any atom is -0.478 e. The van der Waals surface area contributed by atoms with Crippen LogP contribution in [0.2, 0.25) is 0 Å². The van der Waals surface area contributed by atoms with E-state index in [2.05, 4.69) is 37.2 Å². The average molecular weight is 1240 g/mol. The molecule has 22 heteroatoms. The molecule has 0 radical (unpaired) electrons. The zero-order chi connectivity index (χ0) is 66.4. The van der Waals surface area contributed by atoms with Gasteiger partial charge in [-0.25, -0.2) is 14.4 Å². The highest BCUT2D eigenvalue weighted by Gasteiger charge is 2.43. The van der Waals surface area contributed by atoms with E-state index in [9.17, 15) is 48.3 Å². The van der Waals surface area contributed by atoms with Crippen molar-refractivity contribution in [2.75, 3.05) is 36.2 Å². The van der Waals surface area contributed by atoms with E-state index in [-0.39, 0.29) is 62.1 Å². The summed E-state index contributed by atoms with van der Waals surface area (Å²) >= 11 is 0. The molecule has 1 aliphatic heterocycles. The van der Waals surface area contributed by atoms with Crippen molar-refractivity contribution in [1.82, 2.24) is 36.1 Å². The van der Waals surface area contributed by atoms with Crippen LogP contribution in [-0.2, 0) is 63.9 Å². The number of benzene rings is 4. The molecule has 0 saturated carbocycles. The number of nitrogens with one attached hydrogen (secondary N) is 7. The smallest absolute Gasteiger partial charge is 0.411 e. The first-order valence-electron chi connectivity index (χ1n) is 30.3. The number of anilines is 3. The molecule has 1 unspecified atom stereocenters. The number of ether oxygens (including phenoxy) is 1. The average Bonchev–Trinajstić information content (AvgIpc) is 1.57. The molecule has 2 heterocycles. The molecule has 1 aliphatic rings. The van der Waals surface area contributed by atoms with Crippen LogP contribution in [0.1, 0.15) is 123 Å². The third-order valence-corrected chi connectivity index (χ3v) is 16.2. The van der Waals surface area contributed by atoms with Gasteiger partial charge < -0.3 is 61.8 Å². The lowest BCUT2D eigenvalue weighted by Crippen LogP contribution is -2.61. The largest absolute Gasteiger partial charge is 0.478 e. The summed E-state index contributed by atoms with van der Waals surface area (Å²) in [5, 5.41) is 30.3. The topological polar surface area (TPSA) is 305 Å². The second-order valence-electron chi connectivity index (χ2n) is 25.2. The van der Waals surface area contributed by atoms with Crippen molar-refractivity contribution in [2.24, 2.45) is 30.0 Å². The Labute approximate surface area is 527 Å². The molecule has 482 valence electrons. The van der Waals surface area contributed by atoms with Crippen LogP contribution in [0, 0.1) is 17.3 Å². The van der Waals surface area contributed by atoms with Crippen LogP contribution in [0.15, 0.2) is 109 Å². The number of carboxylic acid groups (broad SMARTS) is 1. The molecule has 6 rings (SSSR count). The fraction of sp³-hybridized carbons (Fsp3) is 0.426. The van der Waals surface area contributed by atoms with Crippen molar-refractivity contribution in [3.05, 3.63) is 137 Å². The molecule has 0 fully saturated rings. The summed E-state index contributed by atoms with van der Waals surface area (Å²) in [6.45, 7) is 18.5. The molecular formula is C68H89N11O11. The number of rotatable bonds is 26. The van der Waals surface area contributed by atoms with Gasteiger partial charge in [0.05, 0.1) is 24.3 Å². The molecule has 0 spiro atoms. The van der Waals surface area contributed by atoms with Gasteiger partial charge in [0.15, 0.2) is 0 Å². The van der Waals surface area contributed by atoms with Crippen LogP contribution in [0.5, 0.6) is 0 Å². The maximum Gasteiger partial charge on any atom is 0.411 e. The summed E-state index contributed by atoms with van der Waals surface area (Å²) in [5.41, 5.74) is 10.2. The molecule has 4 aromatic carbocycles. The van der Waals surface area contributed by atoms with Crippen molar-refractivity contribution >= 4 is 93.7 Å². The minimum atomic E-state index is -1.12. The van der Waals surface area contributed by atoms with Crippen molar-refractivity contribution in [3.8, 4) is 0 Å².